The summed E-state index contributed by atoms with van der Waals surface area (Å²) in [5.41, 5.74) is 3.85. The molecule has 0 atom stereocenters. The van der Waals surface area contributed by atoms with Crippen LogP contribution in [-0.4, -0.2) is 5.71 Å². The van der Waals surface area contributed by atoms with Gasteiger partial charge in [-0.05, 0) is 55.5 Å². The SMILES string of the molecule is c1ccc(SCc2ccc(N=C3CCCCC3)cc2)cc1. The Morgan fingerprint density at radius 1 is 0.810 bits per heavy atom. The van der Waals surface area contributed by atoms with Gasteiger partial charge in [-0.2, -0.15) is 0 Å². The van der Waals surface area contributed by atoms with Crippen molar-refractivity contribution in [3.63, 3.8) is 0 Å². The van der Waals surface area contributed by atoms with Crippen LogP contribution in [0.5, 0.6) is 0 Å². The van der Waals surface area contributed by atoms with Crippen molar-refractivity contribution in [3.8, 4) is 0 Å². The molecule has 1 nitrogen and oxygen atoms in total. The fraction of sp³-hybridized carbons (Fsp3) is 0.316. The molecule has 0 amide bonds. The van der Waals surface area contributed by atoms with Crippen LogP contribution in [0.25, 0.3) is 0 Å². The van der Waals surface area contributed by atoms with Gasteiger partial charge in [-0.3, -0.25) is 4.99 Å². The van der Waals surface area contributed by atoms with Crippen LogP contribution < -0.4 is 0 Å². The first-order chi connectivity index (χ1) is 10.4. The van der Waals surface area contributed by atoms with E-state index < -0.39 is 0 Å². The number of hydrogen-bond donors (Lipinski definition) is 0. The molecule has 1 aliphatic rings. The summed E-state index contributed by atoms with van der Waals surface area (Å²) in [4.78, 5) is 6.11. The standard InChI is InChI=1S/C19H21NS/c1-3-7-17(8-4-1)20-18-13-11-16(12-14-18)15-21-19-9-5-2-6-10-19/h2,5-6,9-14H,1,3-4,7-8,15H2. The van der Waals surface area contributed by atoms with Crippen molar-refractivity contribution in [1.82, 2.24) is 0 Å². The third-order valence-corrected chi connectivity index (χ3v) is 4.89. The van der Waals surface area contributed by atoms with Gasteiger partial charge in [0.05, 0.1) is 5.69 Å². The topological polar surface area (TPSA) is 12.4 Å². The Labute approximate surface area is 131 Å². The molecular formula is C19H21NS. The zero-order valence-corrected chi connectivity index (χ0v) is 13.1. The maximum absolute atomic E-state index is 4.79. The zero-order chi connectivity index (χ0) is 14.3. The van der Waals surface area contributed by atoms with Gasteiger partial charge in [0.2, 0.25) is 0 Å². The quantitative estimate of drug-likeness (QED) is 0.629. The molecule has 1 saturated carbocycles. The van der Waals surface area contributed by atoms with E-state index in [1.807, 2.05) is 11.8 Å². The molecule has 108 valence electrons. The summed E-state index contributed by atoms with van der Waals surface area (Å²) in [6.07, 6.45) is 6.36. The van der Waals surface area contributed by atoms with Crippen LogP contribution in [0, 0.1) is 0 Å². The summed E-state index contributed by atoms with van der Waals surface area (Å²) in [7, 11) is 0. The summed E-state index contributed by atoms with van der Waals surface area (Å²) in [6.45, 7) is 0. The highest BCUT2D eigenvalue weighted by molar-refractivity contribution is 7.98. The highest BCUT2D eigenvalue weighted by Gasteiger charge is 2.06. The van der Waals surface area contributed by atoms with Crippen LogP contribution >= 0.6 is 11.8 Å². The zero-order valence-electron chi connectivity index (χ0n) is 12.3. The molecule has 2 aromatic rings. The van der Waals surface area contributed by atoms with E-state index in [2.05, 4.69) is 54.6 Å². The highest BCUT2D eigenvalue weighted by atomic mass is 32.2. The maximum Gasteiger partial charge on any atom is 0.0629 e. The van der Waals surface area contributed by atoms with Crippen molar-refractivity contribution in [2.75, 3.05) is 0 Å². The van der Waals surface area contributed by atoms with E-state index in [-0.39, 0.29) is 0 Å². The Morgan fingerprint density at radius 2 is 1.52 bits per heavy atom. The molecule has 0 spiro atoms. The molecule has 0 bridgehead atoms. The Morgan fingerprint density at radius 3 is 2.24 bits per heavy atom. The van der Waals surface area contributed by atoms with Gasteiger partial charge in [-0.25, -0.2) is 0 Å². The molecule has 2 aromatic carbocycles. The van der Waals surface area contributed by atoms with Crippen LogP contribution in [0.3, 0.4) is 0 Å². The molecular weight excluding hydrogens is 274 g/mol. The van der Waals surface area contributed by atoms with Gasteiger partial charge in [-0.15, -0.1) is 11.8 Å². The normalized spacial score (nSPS) is 15.0. The van der Waals surface area contributed by atoms with Crippen molar-refractivity contribution in [2.24, 2.45) is 4.99 Å². The Kier molecular flexibility index (Phi) is 5.12. The van der Waals surface area contributed by atoms with E-state index in [9.17, 15) is 0 Å². The predicted molar refractivity (Wildman–Crippen MR) is 92.6 cm³/mol. The first kappa shape index (κ1) is 14.4. The monoisotopic (exact) mass is 295 g/mol. The van der Waals surface area contributed by atoms with Crippen LogP contribution in [0.2, 0.25) is 0 Å². The smallest absolute Gasteiger partial charge is 0.0629 e. The lowest BCUT2D eigenvalue weighted by atomic mass is 9.98. The molecule has 0 aromatic heterocycles. The third-order valence-electron chi connectivity index (χ3n) is 3.80. The summed E-state index contributed by atoms with van der Waals surface area (Å²) < 4.78 is 0. The average molecular weight is 295 g/mol. The molecule has 21 heavy (non-hydrogen) atoms. The van der Waals surface area contributed by atoms with Crippen LogP contribution in [0.4, 0.5) is 5.69 Å². The van der Waals surface area contributed by atoms with E-state index in [4.69, 9.17) is 4.99 Å². The van der Waals surface area contributed by atoms with Gasteiger partial charge in [-0.1, -0.05) is 36.8 Å². The van der Waals surface area contributed by atoms with E-state index in [0.717, 1.165) is 11.4 Å². The van der Waals surface area contributed by atoms with Crippen molar-refractivity contribution in [1.29, 1.82) is 0 Å². The second-order valence-electron chi connectivity index (χ2n) is 5.51. The van der Waals surface area contributed by atoms with Gasteiger partial charge in [0, 0.05) is 16.4 Å². The van der Waals surface area contributed by atoms with Crippen molar-refractivity contribution in [2.45, 2.75) is 42.8 Å². The van der Waals surface area contributed by atoms with E-state index in [1.165, 1.54) is 48.3 Å². The van der Waals surface area contributed by atoms with Crippen LogP contribution in [0.15, 0.2) is 64.5 Å². The molecule has 0 heterocycles. The summed E-state index contributed by atoms with van der Waals surface area (Å²) in [6, 6.07) is 19.3. The van der Waals surface area contributed by atoms with Gasteiger partial charge in [0.25, 0.3) is 0 Å². The Hall–Kier alpha value is -1.54. The fourth-order valence-corrected chi connectivity index (χ4v) is 3.48. The minimum atomic E-state index is 1.01. The highest BCUT2D eigenvalue weighted by Crippen LogP contribution is 2.24. The third kappa shape index (κ3) is 4.47. The summed E-state index contributed by atoms with van der Waals surface area (Å²) in [5.74, 6) is 1.01. The molecule has 3 rings (SSSR count). The largest absolute Gasteiger partial charge is 0.258 e. The molecule has 1 aliphatic carbocycles. The molecule has 0 radical (unpaired) electrons. The van der Waals surface area contributed by atoms with E-state index in [1.54, 1.807) is 0 Å². The Balaban J connectivity index is 1.59. The first-order valence-electron chi connectivity index (χ1n) is 7.73. The number of benzene rings is 2. The first-order valence-corrected chi connectivity index (χ1v) is 8.72. The van der Waals surface area contributed by atoms with Crippen LogP contribution in [-0.2, 0) is 5.75 Å². The second-order valence-corrected chi connectivity index (χ2v) is 6.56. The van der Waals surface area contributed by atoms with Crippen molar-refractivity contribution >= 4 is 23.2 Å². The summed E-state index contributed by atoms with van der Waals surface area (Å²) >= 11 is 1.88. The lowest BCUT2D eigenvalue weighted by Crippen LogP contribution is -2.03. The molecule has 0 N–H and O–H groups in total. The fourth-order valence-electron chi connectivity index (χ4n) is 2.60. The second kappa shape index (κ2) is 7.46. The maximum atomic E-state index is 4.79. The number of thioether (sulfide) groups is 1. The van der Waals surface area contributed by atoms with E-state index in [0.29, 0.717) is 0 Å². The van der Waals surface area contributed by atoms with Crippen molar-refractivity contribution < 1.29 is 0 Å². The predicted octanol–water partition coefficient (Wildman–Crippen LogP) is 6.02. The Bertz CT molecular complexity index is 579. The van der Waals surface area contributed by atoms with Crippen molar-refractivity contribution in [3.05, 3.63) is 60.2 Å². The summed E-state index contributed by atoms with van der Waals surface area (Å²) in [5, 5.41) is 0. The average Bonchev–Trinajstić information content (AvgIpc) is 2.56. The molecule has 0 aliphatic heterocycles. The molecule has 2 heteroatoms. The molecule has 0 unspecified atom stereocenters. The number of nitrogens with zero attached hydrogens (tertiary/aromatic N) is 1. The lowest BCUT2D eigenvalue weighted by Gasteiger charge is -2.12. The molecule has 0 saturated heterocycles. The molecule has 1 fully saturated rings. The van der Waals surface area contributed by atoms with Gasteiger partial charge >= 0.3 is 0 Å². The number of rotatable bonds is 4. The van der Waals surface area contributed by atoms with Gasteiger partial charge < -0.3 is 0 Å². The minimum Gasteiger partial charge on any atom is -0.258 e. The lowest BCUT2D eigenvalue weighted by molar-refractivity contribution is 0.667. The van der Waals surface area contributed by atoms with Crippen LogP contribution in [0.1, 0.15) is 37.7 Å². The minimum absolute atomic E-state index is 1.01. The van der Waals surface area contributed by atoms with Gasteiger partial charge in [0.1, 0.15) is 0 Å². The number of aliphatic imine (C=N–C) groups is 1. The van der Waals surface area contributed by atoms with Gasteiger partial charge in [0.15, 0.2) is 0 Å². The number of hydrogen-bond acceptors (Lipinski definition) is 2. The van der Waals surface area contributed by atoms with E-state index >= 15 is 0 Å².